The molecule has 1 fully saturated rings. The van der Waals surface area contributed by atoms with Gasteiger partial charge in [0.25, 0.3) is 0 Å². The van der Waals surface area contributed by atoms with Crippen molar-refractivity contribution >= 4 is 15.7 Å². The molecule has 1 saturated heterocycles. The van der Waals surface area contributed by atoms with Crippen LogP contribution < -0.4 is 0 Å². The third kappa shape index (κ3) is 3.58. The van der Waals surface area contributed by atoms with Crippen molar-refractivity contribution in [1.82, 2.24) is 15.1 Å². The summed E-state index contributed by atoms with van der Waals surface area (Å²) in [6.07, 6.45) is 0.887. The fourth-order valence-corrected chi connectivity index (χ4v) is 4.35. The first-order valence-corrected chi connectivity index (χ1v) is 9.10. The Hall–Kier alpha value is -2.22. The molecule has 2 aromatic rings. The summed E-state index contributed by atoms with van der Waals surface area (Å²) in [5, 5.41) is 7.67. The maximum absolute atomic E-state index is 12.3. The molecule has 0 radical (unpaired) electrons. The van der Waals surface area contributed by atoms with Crippen molar-refractivity contribution in [2.75, 3.05) is 18.6 Å². The molecule has 23 heavy (non-hydrogen) atoms. The molecule has 1 aromatic heterocycles. The third-order valence-corrected chi connectivity index (χ3v) is 5.67. The van der Waals surface area contributed by atoms with E-state index >= 15 is 0 Å². The Morgan fingerprint density at radius 2 is 2.04 bits per heavy atom. The maximum atomic E-state index is 12.3. The molecular formula is C15H17N3O4S. The monoisotopic (exact) mass is 335 g/mol. The van der Waals surface area contributed by atoms with Crippen molar-refractivity contribution in [3.63, 3.8) is 0 Å². The van der Waals surface area contributed by atoms with Crippen molar-refractivity contribution in [2.24, 2.45) is 0 Å². The van der Waals surface area contributed by atoms with Crippen LogP contribution in [0, 0.1) is 0 Å². The molecule has 1 atom stereocenters. The van der Waals surface area contributed by atoms with Gasteiger partial charge in [-0.1, -0.05) is 30.3 Å². The zero-order valence-corrected chi connectivity index (χ0v) is 13.5. The maximum Gasteiger partial charge on any atom is 0.311 e. The molecule has 8 heteroatoms. The van der Waals surface area contributed by atoms with Crippen LogP contribution in [0.15, 0.2) is 34.7 Å². The zero-order chi connectivity index (χ0) is 16.4. The van der Waals surface area contributed by atoms with Gasteiger partial charge in [-0.2, -0.15) is 0 Å². The van der Waals surface area contributed by atoms with Crippen LogP contribution >= 0.6 is 0 Å². The van der Waals surface area contributed by atoms with Crippen molar-refractivity contribution in [1.29, 1.82) is 0 Å². The second-order valence-corrected chi connectivity index (χ2v) is 7.86. The fraction of sp³-hybridized carbons (Fsp3) is 0.400. The molecule has 2 heterocycles. The number of aromatic nitrogens is 2. The van der Waals surface area contributed by atoms with Gasteiger partial charge in [0.05, 0.1) is 17.9 Å². The lowest BCUT2D eigenvalue weighted by atomic mass is 10.2. The predicted octanol–water partition coefficient (Wildman–Crippen LogP) is 0.919. The number of hydrogen-bond donors (Lipinski definition) is 0. The van der Waals surface area contributed by atoms with Crippen LogP contribution in [-0.4, -0.2) is 54.0 Å². The number of carbonyl (C=O) groups excluding carboxylic acids is 1. The van der Waals surface area contributed by atoms with Crippen LogP contribution in [0.4, 0.5) is 0 Å². The lowest BCUT2D eigenvalue weighted by molar-refractivity contribution is 0.0705. The molecular weight excluding hydrogens is 318 g/mol. The Kier molecular flexibility index (Phi) is 4.16. The summed E-state index contributed by atoms with van der Waals surface area (Å²) in [6, 6.07) is 9.26. The van der Waals surface area contributed by atoms with Crippen LogP contribution in [0.2, 0.25) is 0 Å². The van der Waals surface area contributed by atoms with E-state index in [1.165, 1.54) is 4.90 Å². The summed E-state index contributed by atoms with van der Waals surface area (Å²) < 4.78 is 28.5. The largest absolute Gasteiger partial charge is 0.417 e. The number of nitrogens with zero attached hydrogens (tertiary/aromatic N) is 3. The molecule has 3 rings (SSSR count). The summed E-state index contributed by atoms with van der Waals surface area (Å²) in [7, 11) is -1.49. The summed E-state index contributed by atoms with van der Waals surface area (Å²) in [5.41, 5.74) is 1.00. The van der Waals surface area contributed by atoms with E-state index in [2.05, 4.69) is 10.2 Å². The minimum Gasteiger partial charge on any atom is -0.417 e. The van der Waals surface area contributed by atoms with Gasteiger partial charge in [-0.25, -0.2) is 8.42 Å². The van der Waals surface area contributed by atoms with E-state index in [1.54, 1.807) is 7.05 Å². The van der Waals surface area contributed by atoms with Gasteiger partial charge in [-0.3, -0.25) is 4.79 Å². The van der Waals surface area contributed by atoms with E-state index in [1.807, 2.05) is 30.3 Å². The molecule has 1 unspecified atom stereocenters. The predicted molar refractivity (Wildman–Crippen MR) is 82.7 cm³/mol. The highest BCUT2D eigenvalue weighted by atomic mass is 32.2. The Morgan fingerprint density at radius 3 is 2.70 bits per heavy atom. The topological polar surface area (TPSA) is 93.4 Å². The molecule has 7 nitrogen and oxygen atoms in total. The number of carbonyl (C=O) groups is 1. The molecule has 1 aromatic carbocycles. The van der Waals surface area contributed by atoms with Crippen LogP contribution in [0.25, 0.3) is 0 Å². The Balaban J connectivity index is 1.69. The minimum absolute atomic E-state index is 0.0136. The standard InChI is InChI=1S/C15H17N3O4S/c1-18(12-7-8-23(20,21)10-12)15(19)14-17-16-13(22-14)9-11-5-3-2-4-6-11/h2-6,12H,7-10H2,1H3. The normalized spacial score (nSPS) is 19.6. The molecule has 0 N–H and O–H groups in total. The summed E-state index contributed by atoms with van der Waals surface area (Å²) in [5.74, 6) is -0.104. The number of amides is 1. The lowest BCUT2D eigenvalue weighted by Gasteiger charge is -2.21. The average molecular weight is 335 g/mol. The molecule has 0 saturated carbocycles. The molecule has 122 valence electrons. The third-order valence-electron chi connectivity index (χ3n) is 3.92. The molecule has 1 aliphatic heterocycles. The van der Waals surface area contributed by atoms with E-state index in [-0.39, 0.29) is 23.4 Å². The number of rotatable bonds is 4. The van der Waals surface area contributed by atoms with Crippen molar-refractivity contribution < 1.29 is 17.6 Å². The Labute approximate surface area is 134 Å². The smallest absolute Gasteiger partial charge is 0.311 e. The SMILES string of the molecule is CN(C(=O)c1nnc(Cc2ccccc2)o1)C1CCS(=O)(=O)C1. The van der Waals surface area contributed by atoms with Gasteiger partial charge in [0, 0.05) is 13.1 Å². The minimum atomic E-state index is -3.05. The number of sulfone groups is 1. The highest BCUT2D eigenvalue weighted by Crippen LogP contribution is 2.18. The van der Waals surface area contributed by atoms with Gasteiger partial charge < -0.3 is 9.32 Å². The van der Waals surface area contributed by atoms with Gasteiger partial charge >= 0.3 is 11.8 Å². The first-order chi connectivity index (χ1) is 10.9. The molecule has 0 aliphatic carbocycles. The van der Waals surface area contributed by atoms with Gasteiger partial charge in [-0.15, -0.1) is 10.2 Å². The van der Waals surface area contributed by atoms with Crippen LogP contribution in [-0.2, 0) is 16.3 Å². The molecule has 1 aliphatic rings. The van der Waals surface area contributed by atoms with Crippen LogP contribution in [0.5, 0.6) is 0 Å². The van der Waals surface area contributed by atoms with Crippen LogP contribution in [0.3, 0.4) is 0 Å². The number of hydrogen-bond acceptors (Lipinski definition) is 6. The number of benzene rings is 1. The molecule has 0 bridgehead atoms. The van der Waals surface area contributed by atoms with Crippen molar-refractivity contribution in [3.8, 4) is 0 Å². The van der Waals surface area contributed by atoms with Gasteiger partial charge in [0.2, 0.25) is 5.89 Å². The van der Waals surface area contributed by atoms with Gasteiger partial charge in [0.1, 0.15) is 0 Å². The van der Waals surface area contributed by atoms with E-state index in [0.29, 0.717) is 18.7 Å². The second-order valence-electron chi connectivity index (χ2n) is 5.64. The van der Waals surface area contributed by atoms with Gasteiger partial charge in [0.15, 0.2) is 9.84 Å². The first-order valence-electron chi connectivity index (χ1n) is 7.28. The summed E-state index contributed by atoms with van der Waals surface area (Å²) >= 11 is 0. The second kappa shape index (κ2) is 6.11. The van der Waals surface area contributed by atoms with E-state index in [9.17, 15) is 13.2 Å². The summed E-state index contributed by atoms with van der Waals surface area (Å²) in [6.45, 7) is 0. The highest BCUT2D eigenvalue weighted by molar-refractivity contribution is 7.91. The molecule has 0 spiro atoms. The Bertz CT molecular complexity index is 801. The summed E-state index contributed by atoms with van der Waals surface area (Å²) in [4.78, 5) is 13.7. The average Bonchev–Trinajstić information content (AvgIpc) is 3.13. The first kappa shape index (κ1) is 15.7. The molecule has 1 amide bonds. The van der Waals surface area contributed by atoms with E-state index in [4.69, 9.17) is 4.42 Å². The Morgan fingerprint density at radius 1 is 1.30 bits per heavy atom. The quantitative estimate of drug-likeness (QED) is 0.825. The lowest BCUT2D eigenvalue weighted by Crippen LogP contribution is -2.38. The van der Waals surface area contributed by atoms with E-state index in [0.717, 1.165) is 5.56 Å². The fourth-order valence-electron chi connectivity index (χ4n) is 2.58. The van der Waals surface area contributed by atoms with Crippen molar-refractivity contribution in [2.45, 2.75) is 18.9 Å². The van der Waals surface area contributed by atoms with Gasteiger partial charge in [-0.05, 0) is 12.0 Å². The highest BCUT2D eigenvalue weighted by Gasteiger charge is 2.34. The van der Waals surface area contributed by atoms with E-state index < -0.39 is 15.7 Å². The van der Waals surface area contributed by atoms with Crippen molar-refractivity contribution in [3.05, 3.63) is 47.7 Å². The zero-order valence-electron chi connectivity index (χ0n) is 12.7. The van der Waals surface area contributed by atoms with Crippen LogP contribution in [0.1, 0.15) is 28.6 Å².